The van der Waals surface area contributed by atoms with Crippen LogP contribution in [0.3, 0.4) is 0 Å². The lowest BCUT2D eigenvalue weighted by atomic mass is 10.1. The summed E-state index contributed by atoms with van der Waals surface area (Å²) < 4.78 is 43.8. The van der Waals surface area contributed by atoms with Crippen molar-refractivity contribution in [3.8, 4) is 6.01 Å². The van der Waals surface area contributed by atoms with Gasteiger partial charge >= 0.3 is 12.2 Å². The highest BCUT2D eigenvalue weighted by Gasteiger charge is 2.33. The van der Waals surface area contributed by atoms with Crippen LogP contribution in [0.25, 0.3) is 0 Å². The standard InChI is InChI=1S/C20H22F3N3O2/c21-20(22,23)17-11-12-24-19(25-17)28-16-9-5-13-26(14-16)18(27)10-4-8-15-6-2-1-3-7-15/h1-3,6-7,11-12,16H,4-5,8-10,13-14H2. The predicted molar refractivity (Wildman–Crippen MR) is 96.6 cm³/mol. The number of hydrogen-bond acceptors (Lipinski definition) is 4. The van der Waals surface area contributed by atoms with Crippen LogP contribution in [0.2, 0.25) is 0 Å². The molecular weight excluding hydrogens is 371 g/mol. The number of hydrogen-bond donors (Lipinski definition) is 0. The number of amides is 1. The Balaban J connectivity index is 1.50. The highest BCUT2D eigenvalue weighted by Crippen LogP contribution is 2.28. The molecule has 8 heteroatoms. The summed E-state index contributed by atoms with van der Waals surface area (Å²) in [5, 5.41) is 0. The highest BCUT2D eigenvalue weighted by molar-refractivity contribution is 5.76. The highest BCUT2D eigenvalue weighted by atomic mass is 19.4. The fourth-order valence-corrected chi connectivity index (χ4v) is 3.21. The Morgan fingerprint density at radius 3 is 2.75 bits per heavy atom. The number of benzene rings is 1. The summed E-state index contributed by atoms with van der Waals surface area (Å²) in [6, 6.07) is 10.5. The van der Waals surface area contributed by atoms with Gasteiger partial charge in [-0.05, 0) is 37.3 Å². The molecule has 1 fully saturated rings. The lowest BCUT2D eigenvalue weighted by molar-refractivity contribution is -0.141. The third kappa shape index (κ3) is 5.68. The molecule has 28 heavy (non-hydrogen) atoms. The molecule has 1 unspecified atom stereocenters. The van der Waals surface area contributed by atoms with Gasteiger partial charge in [-0.1, -0.05) is 30.3 Å². The van der Waals surface area contributed by atoms with Crippen molar-refractivity contribution >= 4 is 5.91 Å². The van der Waals surface area contributed by atoms with Crippen LogP contribution in [0.15, 0.2) is 42.6 Å². The molecule has 1 aliphatic heterocycles. The molecule has 0 spiro atoms. The molecule has 0 bridgehead atoms. The van der Waals surface area contributed by atoms with E-state index in [1.807, 2.05) is 30.3 Å². The van der Waals surface area contributed by atoms with E-state index in [1.54, 1.807) is 4.90 Å². The third-order valence-corrected chi connectivity index (χ3v) is 4.63. The number of aryl methyl sites for hydroxylation is 1. The molecule has 3 rings (SSSR count). The van der Waals surface area contributed by atoms with Crippen molar-refractivity contribution in [3.05, 3.63) is 53.9 Å². The van der Waals surface area contributed by atoms with E-state index in [0.717, 1.165) is 31.5 Å². The number of nitrogens with zero attached hydrogens (tertiary/aromatic N) is 3. The predicted octanol–water partition coefficient (Wildman–Crippen LogP) is 3.89. The van der Waals surface area contributed by atoms with Crippen LogP contribution in [0, 0.1) is 0 Å². The first kappa shape index (κ1) is 20.1. The molecule has 0 N–H and O–H groups in total. The van der Waals surface area contributed by atoms with E-state index >= 15 is 0 Å². The Morgan fingerprint density at radius 1 is 1.21 bits per heavy atom. The summed E-state index contributed by atoms with van der Waals surface area (Å²) in [5.41, 5.74) is 0.152. The van der Waals surface area contributed by atoms with Crippen LogP contribution in [0.1, 0.15) is 36.9 Å². The topological polar surface area (TPSA) is 55.3 Å². The summed E-state index contributed by atoms with van der Waals surface area (Å²) in [7, 11) is 0. The Hall–Kier alpha value is -2.64. The molecule has 1 aromatic heterocycles. The molecule has 5 nitrogen and oxygen atoms in total. The zero-order valence-corrected chi connectivity index (χ0v) is 15.4. The normalized spacial score (nSPS) is 17.4. The maximum atomic E-state index is 12.8. The first-order valence-corrected chi connectivity index (χ1v) is 9.30. The van der Waals surface area contributed by atoms with E-state index in [2.05, 4.69) is 9.97 Å². The van der Waals surface area contributed by atoms with E-state index in [0.29, 0.717) is 25.9 Å². The van der Waals surface area contributed by atoms with Crippen molar-refractivity contribution in [3.63, 3.8) is 0 Å². The number of carbonyl (C=O) groups is 1. The second-order valence-corrected chi connectivity index (χ2v) is 6.78. The van der Waals surface area contributed by atoms with Gasteiger partial charge in [-0.3, -0.25) is 4.79 Å². The Labute approximate surface area is 161 Å². The van der Waals surface area contributed by atoms with Gasteiger partial charge in [0.2, 0.25) is 5.91 Å². The quantitative estimate of drug-likeness (QED) is 0.747. The van der Waals surface area contributed by atoms with Crippen molar-refractivity contribution in [2.75, 3.05) is 13.1 Å². The molecule has 2 aromatic rings. The minimum atomic E-state index is -4.55. The number of likely N-dealkylation sites (tertiary alicyclic amines) is 1. The Kier molecular flexibility index (Phi) is 6.49. The molecular formula is C20H22F3N3O2. The molecule has 1 aliphatic rings. The van der Waals surface area contributed by atoms with Gasteiger partial charge in [-0.25, -0.2) is 4.98 Å². The second-order valence-electron chi connectivity index (χ2n) is 6.78. The average Bonchev–Trinajstić information content (AvgIpc) is 2.68. The Bertz CT molecular complexity index is 784. The van der Waals surface area contributed by atoms with E-state index < -0.39 is 18.0 Å². The second kappa shape index (κ2) is 9.03. The van der Waals surface area contributed by atoms with Crippen molar-refractivity contribution in [2.45, 2.75) is 44.4 Å². The number of halogens is 3. The fourth-order valence-electron chi connectivity index (χ4n) is 3.21. The van der Waals surface area contributed by atoms with Crippen molar-refractivity contribution in [1.82, 2.24) is 14.9 Å². The first-order chi connectivity index (χ1) is 13.4. The van der Waals surface area contributed by atoms with E-state index in [-0.39, 0.29) is 11.9 Å². The van der Waals surface area contributed by atoms with Crippen LogP contribution in [-0.2, 0) is 17.4 Å². The average molecular weight is 393 g/mol. The van der Waals surface area contributed by atoms with Crippen LogP contribution in [-0.4, -0.2) is 40.0 Å². The van der Waals surface area contributed by atoms with Gasteiger partial charge in [-0.15, -0.1) is 0 Å². The maximum Gasteiger partial charge on any atom is 0.433 e. The fraction of sp³-hybridized carbons (Fsp3) is 0.450. The number of aromatic nitrogens is 2. The van der Waals surface area contributed by atoms with Gasteiger partial charge in [0, 0.05) is 19.2 Å². The Morgan fingerprint density at radius 2 is 2.00 bits per heavy atom. The zero-order valence-electron chi connectivity index (χ0n) is 15.4. The molecule has 1 atom stereocenters. The molecule has 1 saturated heterocycles. The molecule has 0 saturated carbocycles. The SMILES string of the molecule is O=C(CCCc1ccccc1)N1CCCC(Oc2nccc(C(F)(F)F)n2)C1. The lowest BCUT2D eigenvalue weighted by Gasteiger charge is -2.32. The molecule has 0 radical (unpaired) electrons. The van der Waals surface area contributed by atoms with Crippen molar-refractivity contribution in [2.24, 2.45) is 0 Å². The number of piperidine rings is 1. The van der Waals surface area contributed by atoms with Gasteiger partial charge in [0.1, 0.15) is 6.10 Å². The number of carbonyl (C=O) groups excluding carboxylic acids is 1. The molecule has 1 amide bonds. The zero-order chi connectivity index (χ0) is 20.0. The lowest BCUT2D eigenvalue weighted by Crippen LogP contribution is -2.44. The van der Waals surface area contributed by atoms with Gasteiger partial charge in [0.05, 0.1) is 6.54 Å². The monoisotopic (exact) mass is 393 g/mol. The summed E-state index contributed by atoms with van der Waals surface area (Å²) in [5.74, 6) is 0.0363. The summed E-state index contributed by atoms with van der Waals surface area (Å²) in [6.45, 7) is 0.969. The molecule has 1 aromatic carbocycles. The summed E-state index contributed by atoms with van der Waals surface area (Å²) in [6.07, 6.45) is -0.534. The van der Waals surface area contributed by atoms with E-state index in [4.69, 9.17) is 4.74 Å². The van der Waals surface area contributed by atoms with Gasteiger partial charge in [-0.2, -0.15) is 18.2 Å². The van der Waals surface area contributed by atoms with Crippen molar-refractivity contribution < 1.29 is 22.7 Å². The molecule has 2 heterocycles. The van der Waals surface area contributed by atoms with E-state index in [9.17, 15) is 18.0 Å². The minimum absolute atomic E-state index is 0.0363. The summed E-state index contributed by atoms with van der Waals surface area (Å²) in [4.78, 5) is 21.4. The van der Waals surface area contributed by atoms with Crippen LogP contribution >= 0.6 is 0 Å². The smallest absolute Gasteiger partial charge is 0.433 e. The maximum absolute atomic E-state index is 12.8. The van der Waals surface area contributed by atoms with Gasteiger partial charge in [0.25, 0.3) is 0 Å². The third-order valence-electron chi connectivity index (χ3n) is 4.63. The summed E-state index contributed by atoms with van der Waals surface area (Å²) >= 11 is 0. The van der Waals surface area contributed by atoms with Crippen molar-refractivity contribution in [1.29, 1.82) is 0 Å². The van der Waals surface area contributed by atoms with E-state index in [1.165, 1.54) is 5.56 Å². The van der Waals surface area contributed by atoms with Gasteiger partial charge < -0.3 is 9.64 Å². The van der Waals surface area contributed by atoms with Crippen LogP contribution in [0.5, 0.6) is 6.01 Å². The number of rotatable bonds is 6. The number of alkyl halides is 3. The first-order valence-electron chi connectivity index (χ1n) is 9.30. The number of ether oxygens (including phenoxy) is 1. The largest absolute Gasteiger partial charge is 0.458 e. The van der Waals surface area contributed by atoms with Crippen LogP contribution < -0.4 is 4.74 Å². The minimum Gasteiger partial charge on any atom is -0.458 e. The van der Waals surface area contributed by atoms with Crippen LogP contribution in [0.4, 0.5) is 13.2 Å². The molecule has 150 valence electrons. The molecule has 0 aliphatic carbocycles. The van der Waals surface area contributed by atoms with Gasteiger partial charge in [0.15, 0.2) is 5.69 Å².